The summed E-state index contributed by atoms with van der Waals surface area (Å²) in [6.07, 6.45) is -0.628. The van der Waals surface area contributed by atoms with Crippen LogP contribution in [0.15, 0.2) is 48.5 Å². The first kappa shape index (κ1) is 24.7. The first-order chi connectivity index (χ1) is 16.8. The third kappa shape index (κ3) is 5.80. The second kappa shape index (κ2) is 10.9. The number of carboxylic acids is 1. The third-order valence-electron chi connectivity index (χ3n) is 6.52. The molecule has 1 fully saturated rings. The van der Waals surface area contributed by atoms with Crippen molar-refractivity contribution >= 4 is 18.0 Å². The Labute approximate surface area is 205 Å². The van der Waals surface area contributed by atoms with Crippen LogP contribution in [0.5, 0.6) is 0 Å². The lowest BCUT2D eigenvalue weighted by molar-refractivity contribution is -0.140. The quantitative estimate of drug-likeness (QED) is 0.593. The summed E-state index contributed by atoms with van der Waals surface area (Å²) in [6.45, 7) is 2.27. The van der Waals surface area contributed by atoms with Gasteiger partial charge in [-0.05, 0) is 36.3 Å². The molecule has 4 rings (SSSR count). The lowest BCUT2D eigenvalue weighted by Crippen LogP contribution is -2.57. The van der Waals surface area contributed by atoms with Crippen LogP contribution in [-0.4, -0.2) is 104 Å². The summed E-state index contributed by atoms with van der Waals surface area (Å²) in [5.41, 5.74) is 4.56. The number of nitrogens with one attached hydrogen (secondary N) is 1. The third-order valence-corrected chi connectivity index (χ3v) is 6.52. The average Bonchev–Trinajstić information content (AvgIpc) is 3.15. The zero-order valence-electron chi connectivity index (χ0n) is 20.1. The fraction of sp³-hybridized carbons (Fsp3) is 0.423. The van der Waals surface area contributed by atoms with Crippen molar-refractivity contribution in [1.82, 2.24) is 20.0 Å². The monoisotopic (exact) mass is 480 g/mol. The highest BCUT2D eigenvalue weighted by Crippen LogP contribution is 2.44. The SMILES string of the molecule is CN(C)CC(NC(=O)OCC1c2ccccc2-c2ccccc21)C(=O)N1CCN(CC(=O)O)CC1. The van der Waals surface area contributed by atoms with Crippen LogP contribution >= 0.6 is 0 Å². The van der Waals surface area contributed by atoms with Crippen molar-refractivity contribution in [2.45, 2.75) is 12.0 Å². The molecule has 1 heterocycles. The van der Waals surface area contributed by atoms with Crippen LogP contribution in [-0.2, 0) is 14.3 Å². The maximum absolute atomic E-state index is 13.2. The second-order valence-electron chi connectivity index (χ2n) is 9.28. The van der Waals surface area contributed by atoms with Crippen LogP contribution in [0.1, 0.15) is 17.0 Å². The highest BCUT2D eigenvalue weighted by atomic mass is 16.5. The lowest BCUT2D eigenvalue weighted by Gasteiger charge is -2.36. The lowest BCUT2D eigenvalue weighted by atomic mass is 9.98. The summed E-state index contributed by atoms with van der Waals surface area (Å²) in [5, 5.41) is 11.7. The van der Waals surface area contributed by atoms with E-state index in [9.17, 15) is 14.4 Å². The zero-order valence-corrected chi connectivity index (χ0v) is 20.1. The van der Waals surface area contributed by atoms with Crippen molar-refractivity contribution in [1.29, 1.82) is 0 Å². The molecule has 2 aliphatic rings. The van der Waals surface area contributed by atoms with E-state index in [1.54, 1.807) is 9.80 Å². The Morgan fingerprint density at radius 3 is 2.11 bits per heavy atom. The molecule has 1 unspecified atom stereocenters. The number of nitrogens with zero attached hydrogens (tertiary/aromatic N) is 3. The molecule has 0 saturated carbocycles. The number of aliphatic carboxylic acids is 1. The molecule has 2 amide bonds. The molecule has 1 aliphatic heterocycles. The molecule has 2 aromatic rings. The minimum atomic E-state index is -0.882. The minimum absolute atomic E-state index is 0.0405. The van der Waals surface area contributed by atoms with Gasteiger partial charge in [0.25, 0.3) is 0 Å². The molecular formula is C26H32N4O5. The molecule has 35 heavy (non-hydrogen) atoms. The molecule has 2 N–H and O–H groups in total. The number of hydrogen-bond donors (Lipinski definition) is 2. The van der Waals surface area contributed by atoms with Gasteiger partial charge in [0.1, 0.15) is 12.6 Å². The van der Waals surface area contributed by atoms with Gasteiger partial charge in [-0.25, -0.2) is 4.79 Å². The van der Waals surface area contributed by atoms with Crippen molar-refractivity contribution in [2.24, 2.45) is 0 Å². The largest absolute Gasteiger partial charge is 0.480 e. The molecule has 0 radical (unpaired) electrons. The molecule has 1 aliphatic carbocycles. The number of hydrogen-bond acceptors (Lipinski definition) is 6. The maximum atomic E-state index is 13.2. The van der Waals surface area contributed by atoms with Crippen molar-refractivity contribution in [3.05, 3.63) is 59.7 Å². The topological polar surface area (TPSA) is 102 Å². The smallest absolute Gasteiger partial charge is 0.407 e. The van der Waals surface area contributed by atoms with Crippen LogP contribution < -0.4 is 5.32 Å². The predicted octanol–water partition coefficient (Wildman–Crippen LogP) is 1.68. The van der Waals surface area contributed by atoms with E-state index in [-0.39, 0.29) is 25.0 Å². The van der Waals surface area contributed by atoms with E-state index in [1.165, 1.54) is 0 Å². The number of carbonyl (C=O) groups is 3. The fourth-order valence-corrected chi connectivity index (χ4v) is 4.87. The summed E-state index contributed by atoms with van der Waals surface area (Å²) in [7, 11) is 3.68. The van der Waals surface area contributed by atoms with Crippen LogP contribution in [0, 0.1) is 0 Å². The highest BCUT2D eigenvalue weighted by Gasteiger charge is 2.32. The first-order valence-corrected chi connectivity index (χ1v) is 11.8. The van der Waals surface area contributed by atoms with Gasteiger partial charge in [0.15, 0.2) is 0 Å². The summed E-state index contributed by atoms with van der Waals surface area (Å²) in [4.78, 5) is 42.2. The van der Waals surface area contributed by atoms with Gasteiger partial charge in [-0.2, -0.15) is 0 Å². The van der Waals surface area contributed by atoms with E-state index in [0.717, 1.165) is 22.3 Å². The fourth-order valence-electron chi connectivity index (χ4n) is 4.87. The molecule has 0 aromatic heterocycles. The number of piperazine rings is 1. The Balaban J connectivity index is 1.37. The standard InChI is InChI=1S/C26H32N4O5/c1-28(2)15-23(25(33)30-13-11-29(12-14-30)16-24(31)32)27-26(34)35-17-22-20-9-5-3-7-18(20)19-8-4-6-10-21(19)22/h3-10,22-23H,11-17H2,1-2H3,(H,27,34)(H,31,32). The number of fused-ring (bicyclic) bond motifs is 3. The Morgan fingerprint density at radius 1 is 1.00 bits per heavy atom. The van der Waals surface area contributed by atoms with Crippen LogP contribution in [0.2, 0.25) is 0 Å². The van der Waals surface area contributed by atoms with E-state index >= 15 is 0 Å². The van der Waals surface area contributed by atoms with Gasteiger partial charge in [-0.15, -0.1) is 0 Å². The maximum Gasteiger partial charge on any atom is 0.407 e. The summed E-state index contributed by atoms with van der Waals surface area (Å²) >= 11 is 0. The van der Waals surface area contributed by atoms with Crippen LogP contribution in [0.4, 0.5) is 4.79 Å². The number of carbonyl (C=O) groups excluding carboxylic acids is 2. The zero-order chi connectivity index (χ0) is 24.9. The van der Waals surface area contributed by atoms with E-state index in [1.807, 2.05) is 43.3 Å². The number of amides is 2. The Morgan fingerprint density at radius 2 is 1.57 bits per heavy atom. The molecule has 1 saturated heterocycles. The van der Waals surface area contributed by atoms with Crippen molar-refractivity contribution in [3.63, 3.8) is 0 Å². The number of likely N-dealkylation sites (N-methyl/N-ethyl adjacent to an activating group) is 1. The Bertz CT molecular complexity index is 1040. The molecular weight excluding hydrogens is 448 g/mol. The van der Waals surface area contributed by atoms with Gasteiger partial charge in [-0.1, -0.05) is 48.5 Å². The molecule has 1 atom stereocenters. The molecule has 9 heteroatoms. The van der Waals surface area contributed by atoms with E-state index in [0.29, 0.717) is 32.7 Å². The second-order valence-corrected chi connectivity index (χ2v) is 9.28. The van der Waals surface area contributed by atoms with Crippen molar-refractivity contribution in [2.75, 3.05) is 60.0 Å². The van der Waals surface area contributed by atoms with E-state index in [2.05, 4.69) is 29.6 Å². The van der Waals surface area contributed by atoms with Gasteiger partial charge >= 0.3 is 12.1 Å². The summed E-state index contributed by atoms with van der Waals surface area (Å²) < 4.78 is 5.64. The molecule has 9 nitrogen and oxygen atoms in total. The Kier molecular flexibility index (Phi) is 7.67. The molecule has 186 valence electrons. The minimum Gasteiger partial charge on any atom is -0.480 e. The van der Waals surface area contributed by atoms with Gasteiger partial charge in [0, 0.05) is 38.6 Å². The van der Waals surface area contributed by atoms with Crippen LogP contribution in [0.25, 0.3) is 11.1 Å². The number of benzene rings is 2. The number of ether oxygens (including phenoxy) is 1. The average molecular weight is 481 g/mol. The molecule has 2 aromatic carbocycles. The number of rotatable bonds is 8. The van der Waals surface area contributed by atoms with Gasteiger partial charge < -0.3 is 25.0 Å². The normalized spacial score (nSPS) is 16.5. The molecule has 0 spiro atoms. The summed E-state index contributed by atoms with van der Waals surface area (Å²) in [6, 6.07) is 15.5. The van der Waals surface area contributed by atoms with Gasteiger partial charge in [0.05, 0.1) is 6.54 Å². The van der Waals surface area contributed by atoms with E-state index < -0.39 is 18.1 Å². The number of alkyl carbamates (subject to hydrolysis) is 1. The Hall–Kier alpha value is -3.43. The first-order valence-electron chi connectivity index (χ1n) is 11.8. The van der Waals surface area contributed by atoms with E-state index in [4.69, 9.17) is 9.84 Å². The van der Waals surface area contributed by atoms with Crippen molar-refractivity contribution < 1.29 is 24.2 Å². The summed E-state index contributed by atoms with van der Waals surface area (Å²) in [5.74, 6) is -1.13. The number of carboxylic acid groups (broad SMARTS) is 1. The van der Waals surface area contributed by atoms with Crippen molar-refractivity contribution in [3.8, 4) is 11.1 Å². The molecule has 0 bridgehead atoms. The predicted molar refractivity (Wildman–Crippen MR) is 131 cm³/mol. The van der Waals surface area contributed by atoms with Gasteiger partial charge in [0.2, 0.25) is 5.91 Å². The van der Waals surface area contributed by atoms with Gasteiger partial charge in [-0.3, -0.25) is 14.5 Å². The van der Waals surface area contributed by atoms with Crippen LogP contribution in [0.3, 0.4) is 0 Å². The highest BCUT2D eigenvalue weighted by molar-refractivity contribution is 5.86.